The molecule has 0 heterocycles. The van der Waals surface area contributed by atoms with Gasteiger partial charge in [-0.15, -0.1) is 0 Å². The maximum absolute atomic E-state index is 3.44. The number of hydrogen-bond donors (Lipinski definition) is 1. The molecule has 0 amide bonds. The van der Waals surface area contributed by atoms with Gasteiger partial charge >= 0.3 is 0 Å². The second kappa shape index (κ2) is 7.42. The van der Waals surface area contributed by atoms with Crippen molar-refractivity contribution in [1.29, 1.82) is 0 Å². The third kappa shape index (κ3) is 4.18. The lowest BCUT2D eigenvalue weighted by molar-refractivity contribution is 0.591. The molecule has 0 spiro atoms. The highest BCUT2D eigenvalue weighted by Gasteiger charge is 2.10. The van der Waals surface area contributed by atoms with Crippen LogP contribution in [0.25, 0.3) is 0 Å². The summed E-state index contributed by atoms with van der Waals surface area (Å²) in [4.78, 5) is 0. The van der Waals surface area contributed by atoms with Gasteiger partial charge in [-0.2, -0.15) is 0 Å². The van der Waals surface area contributed by atoms with Crippen molar-refractivity contribution in [3.05, 3.63) is 70.8 Å². The van der Waals surface area contributed by atoms with Gasteiger partial charge in [-0.25, -0.2) is 0 Å². The molecule has 0 saturated carbocycles. The summed E-state index contributed by atoms with van der Waals surface area (Å²) in [6.45, 7) is 6.67. The van der Waals surface area contributed by atoms with E-state index in [9.17, 15) is 0 Å². The Kier molecular flexibility index (Phi) is 5.58. The molecule has 0 aliphatic rings. The number of hydrogen-bond acceptors (Lipinski definition) is 1. The summed E-state index contributed by atoms with van der Waals surface area (Å²) < 4.78 is 0. The zero-order valence-electron chi connectivity index (χ0n) is 13.7. The van der Waals surface area contributed by atoms with E-state index in [1.54, 1.807) is 0 Å². The van der Waals surface area contributed by atoms with Crippen LogP contribution in [0.4, 0.5) is 0 Å². The zero-order valence-corrected chi connectivity index (χ0v) is 13.7. The first-order valence-electron chi connectivity index (χ1n) is 7.99. The molecule has 0 aliphatic carbocycles. The van der Waals surface area contributed by atoms with E-state index < -0.39 is 0 Å². The first-order chi connectivity index (χ1) is 10.1. The van der Waals surface area contributed by atoms with Crippen molar-refractivity contribution < 1.29 is 0 Å². The van der Waals surface area contributed by atoms with Crippen LogP contribution in [-0.2, 0) is 12.8 Å². The normalized spacial score (nSPS) is 12.6. The van der Waals surface area contributed by atoms with Crippen LogP contribution < -0.4 is 5.32 Å². The summed E-state index contributed by atoms with van der Waals surface area (Å²) in [5.74, 6) is 0.598. The molecule has 2 aromatic carbocycles. The van der Waals surface area contributed by atoms with Crippen molar-refractivity contribution in [3.63, 3.8) is 0 Å². The molecule has 2 rings (SSSR count). The maximum Gasteiger partial charge on any atom is 0.0358 e. The molecule has 1 atom stereocenters. The van der Waals surface area contributed by atoms with Gasteiger partial charge in [-0.1, -0.05) is 69.3 Å². The average Bonchev–Trinajstić information content (AvgIpc) is 2.53. The molecular weight excluding hydrogens is 254 g/mol. The van der Waals surface area contributed by atoms with E-state index in [1.807, 2.05) is 7.05 Å². The van der Waals surface area contributed by atoms with E-state index in [1.165, 1.54) is 22.3 Å². The van der Waals surface area contributed by atoms with Gasteiger partial charge in [0.2, 0.25) is 0 Å². The molecular formula is C20H27N. The second-order valence-corrected chi connectivity index (χ2v) is 6.04. The van der Waals surface area contributed by atoms with Gasteiger partial charge in [-0.05, 0) is 48.1 Å². The molecule has 0 radical (unpaired) electrons. The third-order valence-corrected chi connectivity index (χ3v) is 4.23. The van der Waals surface area contributed by atoms with E-state index in [2.05, 4.69) is 74.6 Å². The topological polar surface area (TPSA) is 12.0 Å². The van der Waals surface area contributed by atoms with Crippen LogP contribution in [0.2, 0.25) is 0 Å². The van der Waals surface area contributed by atoms with Crippen molar-refractivity contribution in [3.8, 4) is 0 Å². The predicted octanol–water partition coefficient (Wildman–Crippen LogP) is 4.88. The molecule has 1 N–H and O–H groups in total. The highest BCUT2D eigenvalue weighted by molar-refractivity contribution is 5.29. The van der Waals surface area contributed by atoms with Crippen LogP contribution in [0.1, 0.15) is 55.0 Å². The third-order valence-electron chi connectivity index (χ3n) is 4.23. The van der Waals surface area contributed by atoms with Gasteiger partial charge in [0.25, 0.3) is 0 Å². The quantitative estimate of drug-likeness (QED) is 0.796. The van der Waals surface area contributed by atoms with Gasteiger partial charge < -0.3 is 5.32 Å². The standard InChI is InChI=1S/C20H27N/c1-5-16-6-12-19(13-7-16)20(21-4)14-17-8-10-18(11-9-17)15(2)3/h6-13,15,20-21H,5,14H2,1-4H3. The highest BCUT2D eigenvalue weighted by atomic mass is 14.9. The van der Waals surface area contributed by atoms with Crippen molar-refractivity contribution >= 4 is 0 Å². The molecule has 0 aliphatic heterocycles. The SMILES string of the molecule is CCc1ccc(C(Cc2ccc(C(C)C)cc2)NC)cc1. The van der Waals surface area contributed by atoms with Crippen LogP contribution in [0, 0.1) is 0 Å². The molecule has 1 unspecified atom stereocenters. The van der Waals surface area contributed by atoms with Crippen LogP contribution in [-0.4, -0.2) is 7.05 Å². The molecule has 1 heteroatoms. The van der Waals surface area contributed by atoms with Crippen molar-refractivity contribution in [2.45, 2.75) is 45.6 Å². The molecule has 21 heavy (non-hydrogen) atoms. The Morgan fingerprint density at radius 1 is 0.810 bits per heavy atom. The van der Waals surface area contributed by atoms with Crippen LogP contribution in [0.15, 0.2) is 48.5 Å². The first kappa shape index (κ1) is 15.8. The van der Waals surface area contributed by atoms with E-state index in [-0.39, 0.29) is 0 Å². The molecule has 0 bridgehead atoms. The average molecular weight is 281 g/mol. The zero-order chi connectivity index (χ0) is 15.2. The summed E-state index contributed by atoms with van der Waals surface area (Å²) in [5.41, 5.74) is 5.56. The van der Waals surface area contributed by atoms with Gasteiger partial charge in [0.15, 0.2) is 0 Å². The fourth-order valence-electron chi connectivity index (χ4n) is 2.65. The lowest BCUT2D eigenvalue weighted by Crippen LogP contribution is -2.18. The van der Waals surface area contributed by atoms with Gasteiger partial charge in [0, 0.05) is 6.04 Å². The monoisotopic (exact) mass is 281 g/mol. The van der Waals surface area contributed by atoms with Gasteiger partial charge in [0.1, 0.15) is 0 Å². The molecule has 0 fully saturated rings. The van der Waals surface area contributed by atoms with Gasteiger partial charge in [-0.3, -0.25) is 0 Å². The fourth-order valence-corrected chi connectivity index (χ4v) is 2.65. The summed E-state index contributed by atoms with van der Waals surface area (Å²) >= 11 is 0. The summed E-state index contributed by atoms with van der Waals surface area (Å²) in [7, 11) is 2.04. The Balaban J connectivity index is 2.10. The molecule has 0 saturated heterocycles. The summed E-state index contributed by atoms with van der Waals surface area (Å²) in [6, 6.07) is 18.4. The van der Waals surface area contributed by atoms with E-state index >= 15 is 0 Å². The Morgan fingerprint density at radius 3 is 1.81 bits per heavy atom. The van der Waals surface area contributed by atoms with Crippen molar-refractivity contribution in [1.82, 2.24) is 5.32 Å². The lowest BCUT2D eigenvalue weighted by atomic mass is 9.95. The molecule has 0 aromatic heterocycles. The predicted molar refractivity (Wildman–Crippen MR) is 91.9 cm³/mol. The Labute approximate surface area is 129 Å². The molecule has 2 aromatic rings. The van der Waals surface area contributed by atoms with Gasteiger partial charge in [0.05, 0.1) is 0 Å². The maximum atomic E-state index is 3.44. The molecule has 1 nitrogen and oxygen atoms in total. The van der Waals surface area contributed by atoms with E-state index in [0.717, 1.165) is 12.8 Å². The number of likely N-dealkylation sites (N-methyl/N-ethyl adjacent to an activating group) is 1. The smallest absolute Gasteiger partial charge is 0.0358 e. The minimum atomic E-state index is 0.376. The molecule has 112 valence electrons. The van der Waals surface area contributed by atoms with Crippen LogP contribution >= 0.6 is 0 Å². The number of aryl methyl sites for hydroxylation is 1. The number of nitrogens with one attached hydrogen (secondary N) is 1. The lowest BCUT2D eigenvalue weighted by Gasteiger charge is -2.18. The second-order valence-electron chi connectivity index (χ2n) is 6.04. The van der Waals surface area contributed by atoms with E-state index in [0.29, 0.717) is 12.0 Å². The van der Waals surface area contributed by atoms with E-state index in [4.69, 9.17) is 0 Å². The minimum Gasteiger partial charge on any atom is -0.313 e. The first-order valence-corrected chi connectivity index (χ1v) is 7.99. The minimum absolute atomic E-state index is 0.376. The Hall–Kier alpha value is -1.60. The largest absolute Gasteiger partial charge is 0.313 e. The Morgan fingerprint density at radius 2 is 1.33 bits per heavy atom. The number of benzene rings is 2. The highest BCUT2D eigenvalue weighted by Crippen LogP contribution is 2.21. The van der Waals surface area contributed by atoms with Crippen LogP contribution in [0.3, 0.4) is 0 Å². The summed E-state index contributed by atoms with van der Waals surface area (Å²) in [6.07, 6.45) is 2.13. The number of rotatable bonds is 6. The van der Waals surface area contributed by atoms with Crippen molar-refractivity contribution in [2.24, 2.45) is 0 Å². The van der Waals surface area contributed by atoms with Crippen LogP contribution in [0.5, 0.6) is 0 Å². The fraction of sp³-hybridized carbons (Fsp3) is 0.400. The summed E-state index contributed by atoms with van der Waals surface area (Å²) in [5, 5.41) is 3.44. The van der Waals surface area contributed by atoms with Crippen molar-refractivity contribution in [2.75, 3.05) is 7.05 Å². The Bertz CT molecular complexity index is 537.